The van der Waals surface area contributed by atoms with Crippen LogP contribution >= 0.6 is 0 Å². The highest BCUT2D eigenvalue weighted by Gasteiger charge is 2.33. The molecule has 0 amide bonds. The lowest BCUT2D eigenvalue weighted by Gasteiger charge is -2.26. The molecule has 0 saturated carbocycles. The molecule has 0 aliphatic carbocycles. The van der Waals surface area contributed by atoms with E-state index < -0.39 is 0 Å². The first-order chi connectivity index (χ1) is 5.76. The molecule has 1 atom stereocenters. The molecule has 0 bridgehead atoms. The van der Waals surface area contributed by atoms with E-state index in [4.69, 9.17) is 0 Å². The molecule has 1 nitrogen and oxygen atoms in total. The summed E-state index contributed by atoms with van der Waals surface area (Å²) in [6, 6.07) is 0. The van der Waals surface area contributed by atoms with E-state index >= 15 is 0 Å². The average molecular weight is 167 g/mol. The van der Waals surface area contributed by atoms with Gasteiger partial charge in [0.15, 0.2) is 0 Å². The second kappa shape index (κ2) is 3.97. The predicted octanol–water partition coefficient (Wildman–Crippen LogP) is 3.03. The smallest absolute Gasteiger partial charge is 0.0229 e. The molecule has 0 aromatic rings. The van der Waals surface area contributed by atoms with E-state index in [0.717, 1.165) is 0 Å². The summed E-state index contributed by atoms with van der Waals surface area (Å²) in [5.41, 5.74) is 0.614. The fraction of sp³-hybridized carbons (Fsp3) is 0.818. The van der Waals surface area contributed by atoms with E-state index in [1.165, 1.54) is 38.8 Å². The normalized spacial score (nSPS) is 29.3. The minimum Gasteiger partial charge on any atom is -0.377 e. The minimum atomic E-state index is 0.614. The van der Waals surface area contributed by atoms with E-state index in [-0.39, 0.29) is 0 Å². The maximum absolute atomic E-state index is 3.83. The Balaban J connectivity index is 2.52. The Morgan fingerprint density at radius 1 is 1.50 bits per heavy atom. The second-order valence-corrected chi connectivity index (χ2v) is 4.01. The van der Waals surface area contributed by atoms with Crippen molar-refractivity contribution in [1.29, 1.82) is 0 Å². The van der Waals surface area contributed by atoms with Crippen molar-refractivity contribution in [3.63, 3.8) is 0 Å². The predicted molar refractivity (Wildman–Crippen MR) is 54.0 cm³/mol. The van der Waals surface area contributed by atoms with Gasteiger partial charge in [-0.2, -0.15) is 0 Å². The summed E-state index contributed by atoms with van der Waals surface area (Å²) < 4.78 is 0. The first-order valence-electron chi connectivity index (χ1n) is 5.13. The molecule has 1 heterocycles. The largest absolute Gasteiger partial charge is 0.377 e. The van der Waals surface area contributed by atoms with Crippen molar-refractivity contribution in [2.24, 2.45) is 5.41 Å². The first kappa shape index (κ1) is 9.63. The molecule has 0 aromatic carbocycles. The van der Waals surface area contributed by atoms with Crippen LogP contribution in [0.1, 0.15) is 39.5 Å². The van der Waals surface area contributed by atoms with Gasteiger partial charge in [-0.1, -0.05) is 26.8 Å². The first-order valence-corrected chi connectivity index (χ1v) is 5.13. The quantitative estimate of drug-likeness (QED) is 0.622. The molecule has 0 radical (unpaired) electrons. The van der Waals surface area contributed by atoms with Gasteiger partial charge in [0.2, 0.25) is 0 Å². The lowest BCUT2D eigenvalue weighted by Crippen LogP contribution is -2.23. The molecule has 1 unspecified atom stereocenters. The van der Waals surface area contributed by atoms with E-state index in [0.29, 0.717) is 5.41 Å². The second-order valence-electron chi connectivity index (χ2n) is 4.01. The molecule has 1 saturated heterocycles. The van der Waals surface area contributed by atoms with E-state index in [9.17, 15) is 0 Å². The van der Waals surface area contributed by atoms with Gasteiger partial charge < -0.3 is 4.90 Å². The van der Waals surface area contributed by atoms with Crippen LogP contribution in [-0.2, 0) is 0 Å². The third kappa shape index (κ3) is 1.82. The van der Waals surface area contributed by atoms with Crippen molar-refractivity contribution in [2.45, 2.75) is 39.5 Å². The number of hydrogen-bond acceptors (Lipinski definition) is 1. The summed E-state index contributed by atoms with van der Waals surface area (Å²) in [5.74, 6) is 0. The van der Waals surface area contributed by atoms with Crippen molar-refractivity contribution >= 4 is 0 Å². The summed E-state index contributed by atoms with van der Waals surface area (Å²) >= 11 is 0. The van der Waals surface area contributed by atoms with Crippen molar-refractivity contribution < 1.29 is 0 Å². The van der Waals surface area contributed by atoms with E-state index in [1.807, 2.05) is 6.20 Å². The molecule has 0 N–H and O–H groups in total. The Labute approximate surface area is 76.5 Å². The monoisotopic (exact) mass is 167 g/mol. The van der Waals surface area contributed by atoms with Crippen molar-refractivity contribution in [1.82, 2.24) is 4.90 Å². The van der Waals surface area contributed by atoms with Crippen LogP contribution in [0.3, 0.4) is 0 Å². The van der Waals surface area contributed by atoms with Crippen molar-refractivity contribution in [2.75, 3.05) is 13.1 Å². The van der Waals surface area contributed by atoms with Gasteiger partial charge in [0.25, 0.3) is 0 Å². The molecule has 1 fully saturated rings. The maximum Gasteiger partial charge on any atom is 0.0229 e. The zero-order valence-corrected chi connectivity index (χ0v) is 8.47. The number of hydrogen-bond donors (Lipinski definition) is 0. The van der Waals surface area contributed by atoms with Crippen LogP contribution in [-0.4, -0.2) is 18.0 Å². The summed E-state index contributed by atoms with van der Waals surface area (Å²) in [7, 11) is 0. The zero-order chi connectivity index (χ0) is 9.03. The van der Waals surface area contributed by atoms with Crippen LogP contribution in [0.2, 0.25) is 0 Å². The van der Waals surface area contributed by atoms with Gasteiger partial charge in [0.05, 0.1) is 0 Å². The third-order valence-corrected chi connectivity index (χ3v) is 3.26. The molecule has 1 heteroatoms. The molecule has 0 aromatic heterocycles. The number of likely N-dealkylation sites (tertiary alicyclic amines) is 1. The van der Waals surface area contributed by atoms with Crippen molar-refractivity contribution in [3.05, 3.63) is 12.8 Å². The van der Waals surface area contributed by atoms with Crippen LogP contribution < -0.4 is 0 Å². The zero-order valence-electron chi connectivity index (χ0n) is 8.47. The van der Waals surface area contributed by atoms with Gasteiger partial charge in [0, 0.05) is 13.1 Å². The van der Waals surface area contributed by atoms with Crippen LogP contribution in [0, 0.1) is 5.41 Å². The van der Waals surface area contributed by atoms with Crippen LogP contribution in [0.25, 0.3) is 0 Å². The van der Waals surface area contributed by atoms with Gasteiger partial charge in [0.1, 0.15) is 0 Å². The highest BCUT2D eigenvalue weighted by molar-refractivity contribution is 4.91. The van der Waals surface area contributed by atoms with Gasteiger partial charge in [-0.05, 0) is 30.9 Å². The maximum atomic E-state index is 3.83. The van der Waals surface area contributed by atoms with Crippen LogP contribution in [0.4, 0.5) is 0 Å². The third-order valence-electron chi connectivity index (χ3n) is 3.26. The lowest BCUT2D eigenvalue weighted by atomic mass is 9.80. The summed E-state index contributed by atoms with van der Waals surface area (Å²) in [6.45, 7) is 10.9. The molecule has 0 spiro atoms. The Morgan fingerprint density at radius 3 is 2.67 bits per heavy atom. The summed E-state index contributed by atoms with van der Waals surface area (Å²) in [5, 5.41) is 0. The SMILES string of the molecule is C=CN1CCC(CC)(CCC)C1. The molecule has 1 aliphatic heterocycles. The van der Waals surface area contributed by atoms with Crippen molar-refractivity contribution in [3.8, 4) is 0 Å². The Hall–Kier alpha value is -0.460. The molecular weight excluding hydrogens is 146 g/mol. The topological polar surface area (TPSA) is 3.24 Å². The lowest BCUT2D eigenvalue weighted by molar-refractivity contribution is 0.257. The van der Waals surface area contributed by atoms with Crippen LogP contribution in [0.5, 0.6) is 0 Å². The summed E-state index contributed by atoms with van der Waals surface area (Å²) in [4.78, 5) is 2.36. The van der Waals surface area contributed by atoms with Gasteiger partial charge >= 0.3 is 0 Å². The molecule has 1 rings (SSSR count). The molecule has 12 heavy (non-hydrogen) atoms. The molecule has 1 aliphatic rings. The highest BCUT2D eigenvalue weighted by atomic mass is 15.1. The van der Waals surface area contributed by atoms with Gasteiger partial charge in [-0.3, -0.25) is 0 Å². The molecular formula is C11H21N. The fourth-order valence-corrected chi connectivity index (χ4v) is 2.33. The van der Waals surface area contributed by atoms with E-state index in [2.05, 4.69) is 25.3 Å². The number of rotatable bonds is 4. The Morgan fingerprint density at radius 2 is 2.25 bits per heavy atom. The molecule has 70 valence electrons. The summed E-state index contributed by atoms with van der Waals surface area (Å²) in [6.07, 6.45) is 7.38. The Bertz CT molecular complexity index is 153. The highest BCUT2D eigenvalue weighted by Crippen LogP contribution is 2.38. The average Bonchev–Trinajstić information content (AvgIpc) is 2.50. The van der Waals surface area contributed by atoms with Gasteiger partial charge in [-0.25, -0.2) is 0 Å². The fourth-order valence-electron chi connectivity index (χ4n) is 2.33. The van der Waals surface area contributed by atoms with E-state index in [1.54, 1.807) is 0 Å². The minimum absolute atomic E-state index is 0.614. The van der Waals surface area contributed by atoms with Crippen LogP contribution in [0.15, 0.2) is 12.8 Å². The number of nitrogens with zero attached hydrogens (tertiary/aromatic N) is 1. The van der Waals surface area contributed by atoms with Gasteiger partial charge in [-0.15, -0.1) is 0 Å². The standard InChI is InChI=1S/C11H21N/c1-4-7-11(5-2)8-9-12(6-3)10-11/h6H,3-5,7-10H2,1-2H3. The Kier molecular flexibility index (Phi) is 3.19.